The number of benzene rings is 8. The molecule has 322 valence electrons. The number of aromatic nitrogens is 1. The molecule has 3 aliphatic heterocycles. The van der Waals surface area contributed by atoms with E-state index in [-0.39, 0.29) is 18.8 Å². The average molecular weight is 862 g/mol. The minimum Gasteiger partial charge on any atom is -0.312 e. The summed E-state index contributed by atoms with van der Waals surface area (Å²) in [5.41, 5.74) is 30.8. The molecule has 4 heterocycles. The van der Waals surface area contributed by atoms with Crippen molar-refractivity contribution < 1.29 is 0 Å². The summed E-state index contributed by atoms with van der Waals surface area (Å²) in [5, 5.41) is 0. The van der Waals surface area contributed by atoms with E-state index in [0.29, 0.717) is 0 Å². The second-order valence-electron chi connectivity index (χ2n) is 20.0. The normalized spacial score (nSPS) is 13.7. The third-order valence-electron chi connectivity index (χ3n) is 15.2. The second kappa shape index (κ2) is 15.4. The molecule has 3 aliphatic rings. The lowest BCUT2D eigenvalue weighted by molar-refractivity contribution is 0.633. The monoisotopic (exact) mass is 861 g/mol. The van der Waals surface area contributed by atoms with Crippen LogP contribution in [0.1, 0.15) is 58.4 Å². The highest BCUT2D eigenvalue weighted by molar-refractivity contribution is 7.02. The molecule has 0 N–H and O–H groups in total. The number of pyridine rings is 1. The van der Waals surface area contributed by atoms with Gasteiger partial charge in [-0.25, -0.2) is 0 Å². The molecular weight excluding hydrogens is 808 g/mol. The summed E-state index contributed by atoms with van der Waals surface area (Å²) in [6.45, 7) is 18.8. The molecule has 0 aliphatic carbocycles. The fraction of sp³-hybridized carbons (Fsp3) is 0.145. The van der Waals surface area contributed by atoms with Gasteiger partial charge in [0.05, 0.1) is 0 Å². The van der Waals surface area contributed by atoms with Crippen LogP contribution in [0.25, 0.3) is 22.3 Å². The molecule has 0 fully saturated rings. The van der Waals surface area contributed by atoms with E-state index < -0.39 is 0 Å². The molecule has 0 saturated carbocycles. The topological polar surface area (TPSA) is 19.4 Å². The highest BCUT2D eigenvalue weighted by atomic mass is 15.2. The summed E-state index contributed by atoms with van der Waals surface area (Å²) < 4.78 is 0. The number of anilines is 6. The molecule has 8 aromatic carbocycles. The molecule has 0 bridgehead atoms. The molecule has 9 aromatic rings. The molecule has 0 atom stereocenters. The number of hydrogen-bond donors (Lipinski definition) is 0. The van der Waals surface area contributed by atoms with Crippen LogP contribution in [-0.4, -0.2) is 18.4 Å². The van der Waals surface area contributed by atoms with E-state index in [1.807, 2.05) is 12.4 Å². The van der Waals surface area contributed by atoms with Gasteiger partial charge < -0.3 is 9.80 Å². The minimum absolute atomic E-state index is 0.0286. The van der Waals surface area contributed by atoms with Crippen LogP contribution in [0, 0.1) is 41.5 Å². The van der Waals surface area contributed by atoms with E-state index >= 15 is 0 Å². The lowest BCUT2D eigenvalue weighted by Gasteiger charge is -2.52. The minimum atomic E-state index is -0.357. The standard InChI is InChI=1S/C62H53B2N3/c1-38-29-40(3)57(41(4)30-38)63-53-22-15-23-54-61(53)67-59-51(33-46(35-55(59)63)44-24-26-50(27-25-44)66(48-18-11-9-12-19-48)49-20-13-10-14-21-49)62(7,8)52-34-47(45-17-16-28-65-37-45)36-56(60(52)67)64(54)58-42(5)31-39(2)32-43(58)6/h9-37H,1-8H3. The highest BCUT2D eigenvalue weighted by Crippen LogP contribution is 2.54. The van der Waals surface area contributed by atoms with Crippen LogP contribution in [0.3, 0.4) is 0 Å². The largest absolute Gasteiger partial charge is 0.312 e. The molecular formula is C62H53B2N3. The van der Waals surface area contributed by atoms with Crippen molar-refractivity contribution in [2.75, 3.05) is 9.80 Å². The van der Waals surface area contributed by atoms with Gasteiger partial charge in [-0.1, -0.05) is 167 Å². The Morgan fingerprint density at radius 1 is 0.418 bits per heavy atom. The number of rotatable bonds is 7. The smallest absolute Gasteiger partial charge is 0.247 e. The van der Waals surface area contributed by atoms with Crippen molar-refractivity contribution in [2.45, 2.75) is 60.8 Å². The van der Waals surface area contributed by atoms with Gasteiger partial charge >= 0.3 is 0 Å². The molecule has 67 heavy (non-hydrogen) atoms. The predicted octanol–water partition coefficient (Wildman–Crippen LogP) is 11.5. The van der Waals surface area contributed by atoms with E-state index in [0.717, 1.165) is 22.6 Å². The zero-order valence-electron chi connectivity index (χ0n) is 39.7. The average Bonchev–Trinajstić information content (AvgIpc) is 3.32. The quantitative estimate of drug-likeness (QED) is 0.149. The summed E-state index contributed by atoms with van der Waals surface area (Å²) in [7, 11) is 0. The molecule has 0 unspecified atom stereocenters. The van der Waals surface area contributed by atoms with Gasteiger partial charge in [0.15, 0.2) is 0 Å². The van der Waals surface area contributed by atoms with E-state index in [1.165, 1.54) is 111 Å². The highest BCUT2D eigenvalue weighted by Gasteiger charge is 2.51. The Morgan fingerprint density at radius 3 is 1.34 bits per heavy atom. The van der Waals surface area contributed by atoms with Crippen LogP contribution in [0.2, 0.25) is 0 Å². The number of aryl methyl sites for hydroxylation is 6. The molecule has 0 spiro atoms. The Hall–Kier alpha value is -7.36. The lowest BCUT2D eigenvalue weighted by atomic mass is 9.28. The molecule has 0 saturated heterocycles. The van der Waals surface area contributed by atoms with E-state index in [2.05, 4.69) is 234 Å². The summed E-state index contributed by atoms with van der Waals surface area (Å²) >= 11 is 0. The van der Waals surface area contributed by atoms with Gasteiger partial charge in [-0.05, 0) is 151 Å². The van der Waals surface area contributed by atoms with Gasteiger partial charge in [-0.3, -0.25) is 4.98 Å². The van der Waals surface area contributed by atoms with Crippen molar-refractivity contribution in [3.63, 3.8) is 0 Å². The summed E-state index contributed by atoms with van der Waals surface area (Å²) in [5.74, 6) is 0. The Morgan fingerprint density at radius 2 is 0.881 bits per heavy atom. The van der Waals surface area contributed by atoms with Crippen LogP contribution < -0.4 is 42.6 Å². The van der Waals surface area contributed by atoms with Gasteiger partial charge in [-0.15, -0.1) is 0 Å². The van der Waals surface area contributed by atoms with Gasteiger partial charge in [0.1, 0.15) is 0 Å². The Labute approximate surface area is 397 Å². The Bertz CT molecular complexity index is 3370. The maximum Gasteiger partial charge on any atom is 0.247 e. The van der Waals surface area contributed by atoms with Crippen LogP contribution >= 0.6 is 0 Å². The fourth-order valence-corrected chi connectivity index (χ4v) is 12.5. The Balaban J connectivity index is 1.15. The SMILES string of the molecule is Cc1cc(C)c(B2c3cccc4c3N3c5c2cc(-c2ccc(N(c6ccccc6)c6ccccc6)cc2)cc5C(C)(C)c2cc(-c5cccnc5)cc(c23)B4c2c(C)cc(C)cc2C)c(C)c1. The third kappa shape index (κ3) is 6.31. The zero-order chi connectivity index (χ0) is 45.9. The van der Waals surface area contributed by atoms with Crippen molar-refractivity contribution >= 4 is 80.3 Å². The second-order valence-corrected chi connectivity index (χ2v) is 20.0. The molecule has 12 rings (SSSR count). The lowest BCUT2D eigenvalue weighted by Crippen LogP contribution is -2.67. The van der Waals surface area contributed by atoms with Crippen LogP contribution in [0.5, 0.6) is 0 Å². The van der Waals surface area contributed by atoms with Crippen molar-refractivity contribution in [2.24, 2.45) is 0 Å². The van der Waals surface area contributed by atoms with Crippen LogP contribution in [-0.2, 0) is 5.41 Å². The first-order valence-corrected chi connectivity index (χ1v) is 23.8. The first-order chi connectivity index (χ1) is 32.5. The maximum absolute atomic E-state index is 4.64. The van der Waals surface area contributed by atoms with Crippen molar-refractivity contribution in [1.82, 2.24) is 4.98 Å². The van der Waals surface area contributed by atoms with Gasteiger partial charge in [0.25, 0.3) is 0 Å². The first-order valence-electron chi connectivity index (χ1n) is 23.8. The van der Waals surface area contributed by atoms with Crippen molar-refractivity contribution in [1.29, 1.82) is 0 Å². The Kier molecular flexibility index (Phi) is 9.42. The van der Waals surface area contributed by atoms with Gasteiger partial charge in [-0.2, -0.15) is 0 Å². The van der Waals surface area contributed by atoms with Crippen LogP contribution in [0.15, 0.2) is 176 Å². The molecule has 3 nitrogen and oxygen atoms in total. The predicted molar refractivity (Wildman–Crippen MR) is 287 cm³/mol. The van der Waals surface area contributed by atoms with E-state index in [4.69, 9.17) is 0 Å². The molecule has 5 heteroatoms. The van der Waals surface area contributed by atoms with E-state index in [9.17, 15) is 0 Å². The maximum atomic E-state index is 4.64. The summed E-state index contributed by atoms with van der Waals surface area (Å²) in [6.07, 6.45) is 3.91. The molecule has 1 aromatic heterocycles. The van der Waals surface area contributed by atoms with Gasteiger partial charge in [0, 0.05) is 51.9 Å². The molecule has 0 radical (unpaired) electrons. The summed E-state index contributed by atoms with van der Waals surface area (Å²) in [6, 6.07) is 61.7. The number of para-hydroxylation sites is 3. The first kappa shape index (κ1) is 41.1. The fourth-order valence-electron chi connectivity index (χ4n) is 12.5. The van der Waals surface area contributed by atoms with Crippen molar-refractivity contribution in [3.05, 3.63) is 221 Å². The summed E-state index contributed by atoms with van der Waals surface area (Å²) in [4.78, 5) is 9.70. The van der Waals surface area contributed by atoms with Crippen molar-refractivity contribution in [3.8, 4) is 22.3 Å². The number of nitrogens with zero attached hydrogens (tertiary/aromatic N) is 3. The van der Waals surface area contributed by atoms with E-state index in [1.54, 1.807) is 0 Å². The third-order valence-corrected chi connectivity index (χ3v) is 15.2. The number of hydrogen-bond acceptors (Lipinski definition) is 3. The van der Waals surface area contributed by atoms with Crippen LogP contribution in [0.4, 0.5) is 34.1 Å². The van der Waals surface area contributed by atoms with Gasteiger partial charge in [0.2, 0.25) is 13.4 Å². The zero-order valence-corrected chi connectivity index (χ0v) is 39.7. The molecule has 0 amide bonds.